The summed E-state index contributed by atoms with van der Waals surface area (Å²) in [4.78, 5) is 7.54. The molecule has 0 aromatic carbocycles. The topological polar surface area (TPSA) is 89.3 Å². The van der Waals surface area contributed by atoms with Crippen LogP contribution in [0.1, 0.15) is 24.0 Å². The molecule has 3 N–H and O–H groups in total. The highest BCUT2D eigenvalue weighted by atomic mass is 19.4. The minimum absolute atomic E-state index is 0.0199. The van der Waals surface area contributed by atoms with Gasteiger partial charge in [-0.1, -0.05) is 12.7 Å². The summed E-state index contributed by atoms with van der Waals surface area (Å²) in [6, 6.07) is 0. The number of fused-ring (bicyclic) bond motifs is 1. The molecule has 2 heterocycles. The summed E-state index contributed by atoms with van der Waals surface area (Å²) >= 11 is 0. The zero-order valence-electron chi connectivity index (χ0n) is 13.2. The fourth-order valence-electron chi connectivity index (χ4n) is 2.17. The molecule has 2 aromatic heterocycles. The lowest BCUT2D eigenvalue weighted by Gasteiger charge is -2.14. The molecule has 25 heavy (non-hydrogen) atoms. The van der Waals surface area contributed by atoms with Gasteiger partial charge in [-0.2, -0.15) is 17.7 Å². The van der Waals surface area contributed by atoms with Crippen LogP contribution >= 0.6 is 0 Å². The third-order valence-corrected chi connectivity index (χ3v) is 3.25. The first-order chi connectivity index (χ1) is 11.7. The Labute approximate surface area is 140 Å². The van der Waals surface area contributed by atoms with Crippen molar-refractivity contribution >= 4 is 17.2 Å². The van der Waals surface area contributed by atoms with Crippen molar-refractivity contribution in [3.05, 3.63) is 47.7 Å². The number of hydrogen-bond acceptors (Lipinski definition) is 5. The van der Waals surface area contributed by atoms with Crippen LogP contribution in [0.4, 0.5) is 23.5 Å². The summed E-state index contributed by atoms with van der Waals surface area (Å²) in [5, 5.41) is 12.7. The van der Waals surface area contributed by atoms with Gasteiger partial charge in [0.1, 0.15) is 11.4 Å². The number of alkyl halides is 3. The van der Waals surface area contributed by atoms with E-state index >= 15 is 0 Å². The maximum atomic E-state index is 13.6. The smallest absolute Gasteiger partial charge is 0.396 e. The summed E-state index contributed by atoms with van der Waals surface area (Å²) in [7, 11) is 0. The molecule has 0 amide bonds. The Kier molecular flexibility index (Phi) is 5.21. The number of aromatic nitrogens is 4. The number of aliphatic hydroxyl groups excluding tert-OH is 1. The van der Waals surface area contributed by atoms with Crippen LogP contribution in [0.15, 0.2) is 30.6 Å². The Hall–Kier alpha value is -2.75. The molecule has 0 spiro atoms. The lowest BCUT2D eigenvalue weighted by atomic mass is 10.1. The van der Waals surface area contributed by atoms with Crippen molar-refractivity contribution in [3.63, 3.8) is 0 Å². The average molecular weight is 357 g/mol. The van der Waals surface area contributed by atoms with E-state index in [1.54, 1.807) is 0 Å². The molecule has 6 nitrogen and oxygen atoms in total. The molecular formula is C15H15F4N5O. The molecule has 0 radical (unpaired) electrons. The number of nitrogens with zero attached hydrogens (tertiary/aromatic N) is 4. The van der Waals surface area contributed by atoms with E-state index in [4.69, 9.17) is 10.8 Å². The number of nitrogens with two attached hydrogens (primary N) is 1. The molecule has 0 saturated carbocycles. The van der Waals surface area contributed by atoms with Gasteiger partial charge in [-0.25, -0.2) is 14.4 Å². The number of halogens is 4. The molecule has 0 aliphatic rings. The average Bonchev–Trinajstić information content (AvgIpc) is 2.95. The zero-order chi connectivity index (χ0) is 18.8. The molecule has 10 heteroatoms. The number of nitrogen functional groups attached to an aromatic ring is 1. The SMILES string of the molecule is C=C/C(F)=C\C(=C/C)c1nc(N)n2nc(CCO)nc2c1C(F)(F)F. The Balaban J connectivity index is 2.86. The molecule has 2 rings (SSSR count). The third kappa shape index (κ3) is 3.68. The Morgan fingerprint density at radius 3 is 2.56 bits per heavy atom. The predicted molar refractivity (Wildman–Crippen MR) is 84.0 cm³/mol. The number of hydrogen-bond donors (Lipinski definition) is 2. The summed E-state index contributed by atoms with van der Waals surface area (Å²) in [5.74, 6) is -1.20. The van der Waals surface area contributed by atoms with E-state index in [2.05, 4.69) is 21.6 Å². The predicted octanol–water partition coefficient (Wildman–Crippen LogP) is 2.70. The van der Waals surface area contributed by atoms with Gasteiger partial charge < -0.3 is 10.8 Å². The van der Waals surface area contributed by atoms with Gasteiger partial charge in [0.25, 0.3) is 0 Å². The monoisotopic (exact) mass is 357 g/mol. The quantitative estimate of drug-likeness (QED) is 0.634. The maximum Gasteiger partial charge on any atom is 0.422 e. The van der Waals surface area contributed by atoms with Gasteiger partial charge in [0.2, 0.25) is 5.95 Å². The second kappa shape index (κ2) is 7.01. The first-order valence-electron chi connectivity index (χ1n) is 7.12. The molecular weight excluding hydrogens is 342 g/mol. The Bertz CT molecular complexity index is 867. The van der Waals surface area contributed by atoms with E-state index in [1.807, 2.05) is 0 Å². The zero-order valence-corrected chi connectivity index (χ0v) is 13.2. The van der Waals surface area contributed by atoms with Crippen LogP contribution in [0.25, 0.3) is 11.2 Å². The van der Waals surface area contributed by atoms with E-state index in [-0.39, 0.29) is 30.4 Å². The van der Waals surface area contributed by atoms with Gasteiger partial charge in [-0.15, -0.1) is 5.10 Å². The number of rotatable bonds is 5. The van der Waals surface area contributed by atoms with Crippen molar-refractivity contribution in [1.82, 2.24) is 19.6 Å². The highest BCUT2D eigenvalue weighted by Crippen LogP contribution is 2.38. The summed E-state index contributed by atoms with van der Waals surface area (Å²) in [6.45, 7) is 4.31. The Morgan fingerprint density at radius 1 is 1.36 bits per heavy atom. The van der Waals surface area contributed by atoms with E-state index in [1.165, 1.54) is 13.0 Å². The van der Waals surface area contributed by atoms with Crippen molar-refractivity contribution in [2.24, 2.45) is 0 Å². The summed E-state index contributed by atoms with van der Waals surface area (Å²) < 4.78 is 55.2. The molecule has 134 valence electrons. The van der Waals surface area contributed by atoms with Crippen LogP contribution in [-0.2, 0) is 12.6 Å². The van der Waals surface area contributed by atoms with E-state index in [0.29, 0.717) is 0 Å². The van der Waals surface area contributed by atoms with Crippen LogP contribution in [-0.4, -0.2) is 31.3 Å². The lowest BCUT2D eigenvalue weighted by Crippen LogP contribution is -2.16. The van der Waals surface area contributed by atoms with Crippen LogP contribution in [0.2, 0.25) is 0 Å². The van der Waals surface area contributed by atoms with E-state index in [0.717, 1.165) is 16.7 Å². The number of allylic oxidation sites excluding steroid dienone is 5. The fraction of sp³-hybridized carbons (Fsp3) is 0.267. The molecule has 0 aliphatic carbocycles. The van der Waals surface area contributed by atoms with E-state index in [9.17, 15) is 17.6 Å². The van der Waals surface area contributed by atoms with E-state index < -0.39 is 28.9 Å². The second-order valence-corrected chi connectivity index (χ2v) is 4.91. The molecule has 0 saturated heterocycles. The van der Waals surface area contributed by atoms with Crippen molar-refractivity contribution in [1.29, 1.82) is 0 Å². The van der Waals surface area contributed by atoms with Crippen LogP contribution in [0, 0.1) is 0 Å². The molecule has 0 fully saturated rings. The van der Waals surface area contributed by atoms with Crippen molar-refractivity contribution in [2.75, 3.05) is 12.3 Å². The normalized spacial score (nSPS) is 13.5. The molecule has 0 atom stereocenters. The van der Waals surface area contributed by atoms with Crippen molar-refractivity contribution < 1.29 is 22.7 Å². The van der Waals surface area contributed by atoms with Gasteiger partial charge in [-0.05, 0) is 24.6 Å². The number of aliphatic hydroxyl groups is 1. The van der Waals surface area contributed by atoms with Crippen LogP contribution < -0.4 is 5.73 Å². The minimum Gasteiger partial charge on any atom is -0.396 e. The third-order valence-electron chi connectivity index (χ3n) is 3.25. The number of anilines is 1. The van der Waals surface area contributed by atoms with Gasteiger partial charge >= 0.3 is 6.18 Å². The second-order valence-electron chi connectivity index (χ2n) is 4.91. The van der Waals surface area contributed by atoms with Crippen LogP contribution in [0.5, 0.6) is 0 Å². The fourth-order valence-corrected chi connectivity index (χ4v) is 2.17. The first-order valence-corrected chi connectivity index (χ1v) is 7.12. The standard InChI is InChI=1S/C15H15F4N5O/c1-3-8(7-9(16)4-2)12-11(15(17,18)19)13-21-10(5-6-25)23-24(13)14(20)22-12/h3-4,7,25H,2,5-6H2,1H3,(H2,20,22)/b8-3+,9-7+. The Morgan fingerprint density at radius 2 is 2.04 bits per heavy atom. The largest absolute Gasteiger partial charge is 0.422 e. The summed E-state index contributed by atoms with van der Waals surface area (Å²) in [5.41, 5.74) is 3.23. The molecule has 0 bridgehead atoms. The summed E-state index contributed by atoms with van der Waals surface area (Å²) in [6.07, 6.45) is -1.90. The van der Waals surface area contributed by atoms with Gasteiger partial charge in [-0.3, -0.25) is 0 Å². The minimum atomic E-state index is -4.84. The van der Waals surface area contributed by atoms with Gasteiger partial charge in [0.05, 0.1) is 12.3 Å². The first kappa shape index (κ1) is 18.6. The molecule has 0 unspecified atom stereocenters. The van der Waals surface area contributed by atoms with Crippen molar-refractivity contribution in [2.45, 2.75) is 19.5 Å². The van der Waals surface area contributed by atoms with Gasteiger partial charge in [0, 0.05) is 6.42 Å². The van der Waals surface area contributed by atoms with Crippen LogP contribution in [0.3, 0.4) is 0 Å². The maximum absolute atomic E-state index is 13.6. The highest BCUT2D eigenvalue weighted by Gasteiger charge is 2.39. The molecule has 2 aromatic rings. The molecule has 0 aliphatic heterocycles. The van der Waals surface area contributed by atoms with Crippen molar-refractivity contribution in [3.8, 4) is 0 Å². The van der Waals surface area contributed by atoms with Gasteiger partial charge in [0.15, 0.2) is 11.5 Å². The lowest BCUT2D eigenvalue weighted by molar-refractivity contribution is -0.137. The highest BCUT2D eigenvalue weighted by molar-refractivity contribution is 5.78.